The molecule has 0 bridgehead atoms. The molecule has 5 heteroatoms. The quantitative estimate of drug-likeness (QED) is 0.749. The Kier molecular flexibility index (Phi) is 2.98. The fourth-order valence-electron chi connectivity index (χ4n) is 2.38. The summed E-state index contributed by atoms with van der Waals surface area (Å²) in [5.74, 6) is -2.55. The van der Waals surface area contributed by atoms with Crippen LogP contribution < -0.4 is 0 Å². The topological polar surface area (TPSA) is 12.9 Å². The average Bonchev–Trinajstić information content (AvgIpc) is 2.97. The van der Waals surface area contributed by atoms with Gasteiger partial charge in [0.2, 0.25) is 5.92 Å². The first-order chi connectivity index (χ1) is 8.55. The number of hydrogen-bond donors (Lipinski definition) is 0. The van der Waals surface area contributed by atoms with E-state index in [1.54, 1.807) is 11.3 Å². The molecule has 1 nitrogen and oxygen atoms in total. The molecule has 2 aromatic rings. The maximum absolute atomic E-state index is 13.2. The number of thiazole rings is 1. The van der Waals surface area contributed by atoms with Gasteiger partial charge in [-0.15, -0.1) is 22.7 Å². The molecule has 0 saturated heterocycles. The molecule has 1 saturated carbocycles. The summed E-state index contributed by atoms with van der Waals surface area (Å²) in [6.07, 6.45) is 0.525. The molecule has 0 aromatic carbocycles. The third kappa shape index (κ3) is 2.21. The number of thiophene rings is 1. The molecule has 0 spiro atoms. The van der Waals surface area contributed by atoms with Crippen molar-refractivity contribution >= 4 is 22.7 Å². The Hall–Kier alpha value is -0.810. The van der Waals surface area contributed by atoms with Gasteiger partial charge in [0.05, 0.1) is 15.6 Å². The van der Waals surface area contributed by atoms with Crippen molar-refractivity contribution in [2.45, 2.75) is 38.0 Å². The van der Waals surface area contributed by atoms with E-state index in [1.807, 2.05) is 10.8 Å². The van der Waals surface area contributed by atoms with Gasteiger partial charge in [-0.25, -0.2) is 13.8 Å². The van der Waals surface area contributed by atoms with Gasteiger partial charge < -0.3 is 0 Å². The van der Waals surface area contributed by atoms with E-state index in [-0.39, 0.29) is 18.8 Å². The van der Waals surface area contributed by atoms with Gasteiger partial charge in [0.25, 0.3) is 0 Å². The highest BCUT2D eigenvalue weighted by molar-refractivity contribution is 7.14. The average molecular weight is 285 g/mol. The van der Waals surface area contributed by atoms with Crippen molar-refractivity contribution in [3.8, 4) is 10.6 Å². The van der Waals surface area contributed by atoms with Crippen LogP contribution in [0.4, 0.5) is 8.78 Å². The van der Waals surface area contributed by atoms with E-state index in [0.29, 0.717) is 6.42 Å². The molecule has 0 N–H and O–H groups in total. The largest absolute Gasteiger partial charge is 0.248 e. The lowest BCUT2D eigenvalue weighted by atomic mass is 10.1. The number of alkyl halides is 2. The SMILES string of the molecule is Cc1ccsc1-c1csc(C2CCC(F)(F)C2)n1. The first-order valence-electron chi connectivity index (χ1n) is 5.93. The van der Waals surface area contributed by atoms with Gasteiger partial charge in [-0.05, 0) is 30.4 Å². The Balaban J connectivity index is 1.85. The number of rotatable bonds is 2. The molecule has 18 heavy (non-hydrogen) atoms. The minimum Gasteiger partial charge on any atom is -0.240 e. The van der Waals surface area contributed by atoms with Crippen LogP contribution in [0.25, 0.3) is 10.6 Å². The second kappa shape index (κ2) is 4.38. The summed E-state index contributed by atoms with van der Waals surface area (Å²) in [7, 11) is 0. The first-order valence-corrected chi connectivity index (χ1v) is 7.69. The summed E-state index contributed by atoms with van der Waals surface area (Å²) in [5, 5.41) is 4.90. The Morgan fingerprint density at radius 2 is 2.22 bits per heavy atom. The van der Waals surface area contributed by atoms with E-state index in [4.69, 9.17) is 0 Å². The Labute approximate surface area is 113 Å². The highest BCUT2D eigenvalue weighted by atomic mass is 32.1. The van der Waals surface area contributed by atoms with E-state index in [0.717, 1.165) is 15.6 Å². The normalized spacial score (nSPS) is 22.5. The lowest BCUT2D eigenvalue weighted by Gasteiger charge is -2.07. The van der Waals surface area contributed by atoms with Gasteiger partial charge in [0, 0.05) is 24.1 Å². The Bertz CT molecular complexity index is 559. The molecule has 96 valence electrons. The van der Waals surface area contributed by atoms with E-state index >= 15 is 0 Å². The highest BCUT2D eigenvalue weighted by Gasteiger charge is 2.41. The maximum Gasteiger partial charge on any atom is 0.248 e. The molecule has 1 unspecified atom stereocenters. The predicted molar refractivity (Wildman–Crippen MR) is 71.7 cm³/mol. The summed E-state index contributed by atoms with van der Waals surface area (Å²) >= 11 is 3.17. The van der Waals surface area contributed by atoms with E-state index < -0.39 is 5.92 Å². The van der Waals surface area contributed by atoms with Gasteiger partial charge in [0.1, 0.15) is 0 Å². The molecule has 3 rings (SSSR count). The van der Waals surface area contributed by atoms with Crippen LogP contribution in [0.1, 0.15) is 35.8 Å². The molecule has 1 fully saturated rings. The van der Waals surface area contributed by atoms with Crippen LogP contribution in [0.3, 0.4) is 0 Å². The summed E-state index contributed by atoms with van der Waals surface area (Å²) in [6, 6.07) is 2.06. The third-order valence-electron chi connectivity index (χ3n) is 3.37. The Morgan fingerprint density at radius 3 is 2.83 bits per heavy atom. The number of aryl methyl sites for hydroxylation is 1. The van der Waals surface area contributed by atoms with Crippen molar-refractivity contribution < 1.29 is 8.78 Å². The van der Waals surface area contributed by atoms with Gasteiger partial charge in [-0.3, -0.25) is 0 Å². The zero-order chi connectivity index (χ0) is 12.8. The number of aromatic nitrogens is 1. The van der Waals surface area contributed by atoms with Crippen molar-refractivity contribution in [1.29, 1.82) is 0 Å². The number of nitrogens with zero attached hydrogens (tertiary/aromatic N) is 1. The smallest absolute Gasteiger partial charge is 0.240 e. The van der Waals surface area contributed by atoms with Crippen LogP contribution in [0.15, 0.2) is 16.8 Å². The number of hydrogen-bond acceptors (Lipinski definition) is 3. The van der Waals surface area contributed by atoms with E-state index in [2.05, 4.69) is 18.0 Å². The molecular weight excluding hydrogens is 272 g/mol. The Morgan fingerprint density at radius 1 is 1.39 bits per heavy atom. The van der Waals surface area contributed by atoms with Crippen LogP contribution in [0, 0.1) is 6.92 Å². The monoisotopic (exact) mass is 285 g/mol. The molecular formula is C13H13F2NS2. The van der Waals surface area contributed by atoms with Crippen LogP contribution in [0.5, 0.6) is 0 Å². The van der Waals surface area contributed by atoms with Gasteiger partial charge >= 0.3 is 0 Å². The second-order valence-electron chi connectivity index (χ2n) is 4.80. The van der Waals surface area contributed by atoms with E-state index in [1.165, 1.54) is 16.9 Å². The molecule has 1 atom stereocenters. The van der Waals surface area contributed by atoms with Crippen LogP contribution in [0.2, 0.25) is 0 Å². The predicted octanol–water partition coefficient (Wildman–Crippen LogP) is 5.08. The lowest BCUT2D eigenvalue weighted by molar-refractivity contribution is 0.00776. The highest BCUT2D eigenvalue weighted by Crippen LogP contribution is 2.45. The van der Waals surface area contributed by atoms with Gasteiger partial charge in [-0.2, -0.15) is 0 Å². The fraction of sp³-hybridized carbons (Fsp3) is 0.462. The van der Waals surface area contributed by atoms with Crippen molar-refractivity contribution in [2.24, 2.45) is 0 Å². The van der Waals surface area contributed by atoms with E-state index in [9.17, 15) is 8.78 Å². The lowest BCUT2D eigenvalue weighted by Crippen LogP contribution is -2.08. The molecule has 2 aromatic heterocycles. The molecule has 2 heterocycles. The first kappa shape index (κ1) is 12.2. The molecule has 0 radical (unpaired) electrons. The summed E-state index contributed by atoms with van der Waals surface area (Å²) in [6.45, 7) is 2.05. The zero-order valence-corrected chi connectivity index (χ0v) is 11.6. The summed E-state index contributed by atoms with van der Waals surface area (Å²) < 4.78 is 26.4. The van der Waals surface area contributed by atoms with Crippen LogP contribution in [-0.4, -0.2) is 10.9 Å². The van der Waals surface area contributed by atoms with Crippen LogP contribution in [-0.2, 0) is 0 Å². The minimum atomic E-state index is -2.49. The van der Waals surface area contributed by atoms with Crippen molar-refractivity contribution in [2.75, 3.05) is 0 Å². The molecule has 1 aliphatic rings. The molecule has 0 amide bonds. The summed E-state index contributed by atoms with van der Waals surface area (Å²) in [4.78, 5) is 5.71. The van der Waals surface area contributed by atoms with Gasteiger partial charge in [0.15, 0.2) is 0 Å². The van der Waals surface area contributed by atoms with Crippen LogP contribution >= 0.6 is 22.7 Å². The number of halogens is 2. The third-order valence-corrected chi connectivity index (χ3v) is 5.42. The fourth-order valence-corrected chi connectivity index (χ4v) is 4.29. The second-order valence-corrected chi connectivity index (χ2v) is 6.61. The van der Waals surface area contributed by atoms with Crippen molar-refractivity contribution in [3.05, 3.63) is 27.4 Å². The standard InChI is InChI=1S/C13H13F2NS2/c1-8-3-5-17-11(8)10-7-18-12(16-10)9-2-4-13(14,15)6-9/h3,5,7,9H,2,4,6H2,1H3. The molecule has 1 aliphatic carbocycles. The zero-order valence-electron chi connectivity index (χ0n) is 9.95. The minimum absolute atomic E-state index is 0.00457. The van der Waals surface area contributed by atoms with Gasteiger partial charge in [-0.1, -0.05) is 0 Å². The van der Waals surface area contributed by atoms with Crippen molar-refractivity contribution in [1.82, 2.24) is 4.98 Å². The summed E-state index contributed by atoms with van der Waals surface area (Å²) in [5.41, 5.74) is 2.14. The molecule has 0 aliphatic heterocycles. The van der Waals surface area contributed by atoms with Crippen molar-refractivity contribution in [3.63, 3.8) is 0 Å². The maximum atomic E-state index is 13.2.